The van der Waals surface area contributed by atoms with Crippen LogP contribution in [0.1, 0.15) is 18.0 Å². The van der Waals surface area contributed by atoms with Crippen molar-refractivity contribution in [2.24, 2.45) is 5.92 Å². The first kappa shape index (κ1) is 21.6. The predicted molar refractivity (Wildman–Crippen MR) is 119 cm³/mol. The first-order chi connectivity index (χ1) is 13.9. The third kappa shape index (κ3) is 6.18. The van der Waals surface area contributed by atoms with Crippen LogP contribution in [0, 0.1) is 11.7 Å². The van der Waals surface area contributed by atoms with Crippen molar-refractivity contribution in [3.8, 4) is 0 Å². The lowest BCUT2D eigenvalue weighted by Crippen LogP contribution is -2.42. The van der Waals surface area contributed by atoms with Crippen molar-refractivity contribution in [1.82, 2.24) is 15.5 Å². The Morgan fingerprint density at radius 1 is 1.24 bits per heavy atom. The minimum absolute atomic E-state index is 0.0880. The highest BCUT2D eigenvalue weighted by Crippen LogP contribution is 2.26. The highest BCUT2D eigenvalue weighted by Gasteiger charge is 2.23. The van der Waals surface area contributed by atoms with Crippen molar-refractivity contribution in [2.45, 2.75) is 12.5 Å². The third-order valence-corrected chi connectivity index (χ3v) is 5.82. The molecule has 5 nitrogen and oxygen atoms in total. The highest BCUT2D eigenvalue weighted by atomic mass is 79.9. The smallest absolute Gasteiger partial charge is 0.314 e. The molecule has 0 bridgehead atoms. The summed E-state index contributed by atoms with van der Waals surface area (Å²) in [6.07, 6.45) is 1.05. The summed E-state index contributed by atoms with van der Waals surface area (Å²) in [5.41, 5.74) is 2.05. The summed E-state index contributed by atoms with van der Waals surface area (Å²) < 4.78 is 14.6. The molecule has 0 saturated carbocycles. The van der Waals surface area contributed by atoms with E-state index in [1.165, 1.54) is 17.8 Å². The number of benzene rings is 2. The Morgan fingerprint density at radius 3 is 2.76 bits per heavy atom. The average molecular weight is 463 g/mol. The quantitative estimate of drug-likeness (QED) is 0.653. The molecule has 0 aliphatic carbocycles. The summed E-state index contributed by atoms with van der Waals surface area (Å²) in [5.74, 6) is 0.155. The molecule has 7 heteroatoms. The molecule has 1 fully saturated rings. The maximum atomic E-state index is 13.5. The van der Waals surface area contributed by atoms with Crippen molar-refractivity contribution in [3.05, 3.63) is 64.4 Å². The molecule has 29 heavy (non-hydrogen) atoms. The van der Waals surface area contributed by atoms with E-state index in [9.17, 15) is 9.18 Å². The number of nitrogens with one attached hydrogen (secondary N) is 2. The number of likely N-dealkylation sites (N-methyl/N-ethyl adjacent to an activating group) is 1. The molecule has 3 rings (SSSR count). The third-order valence-electron chi connectivity index (χ3n) is 5.32. The topological polar surface area (TPSA) is 47.6 Å². The van der Waals surface area contributed by atoms with E-state index < -0.39 is 0 Å². The first-order valence-electron chi connectivity index (χ1n) is 9.86. The van der Waals surface area contributed by atoms with Crippen LogP contribution >= 0.6 is 15.9 Å². The van der Waals surface area contributed by atoms with Gasteiger partial charge in [0.1, 0.15) is 5.82 Å². The predicted octanol–water partition coefficient (Wildman–Crippen LogP) is 4.02. The Kier molecular flexibility index (Phi) is 7.50. The standard InChI is InChI=1S/C22H28BrFN4O/c1-27(2)21(17-5-3-7-19(24)11-17)14-26-22(29)25-13-16-9-10-28(15-16)20-8-4-6-18(23)12-20/h3-8,11-12,16,21H,9-10,13-15H2,1-2H3,(H2,25,26,29). The van der Waals surface area contributed by atoms with Gasteiger partial charge in [-0.25, -0.2) is 9.18 Å². The maximum absolute atomic E-state index is 13.5. The van der Waals surface area contributed by atoms with Gasteiger partial charge < -0.3 is 20.4 Å². The van der Waals surface area contributed by atoms with E-state index in [4.69, 9.17) is 0 Å². The lowest BCUT2D eigenvalue weighted by atomic mass is 10.1. The van der Waals surface area contributed by atoms with Crippen LogP contribution in [0.4, 0.5) is 14.9 Å². The maximum Gasteiger partial charge on any atom is 0.314 e. The second-order valence-electron chi connectivity index (χ2n) is 7.71. The van der Waals surface area contributed by atoms with E-state index >= 15 is 0 Å². The van der Waals surface area contributed by atoms with Crippen molar-refractivity contribution in [1.29, 1.82) is 0 Å². The monoisotopic (exact) mass is 462 g/mol. The highest BCUT2D eigenvalue weighted by molar-refractivity contribution is 9.10. The number of halogens is 2. The SMILES string of the molecule is CN(C)C(CNC(=O)NCC1CCN(c2cccc(Br)c2)C1)c1cccc(F)c1. The van der Waals surface area contributed by atoms with Gasteiger partial charge in [-0.15, -0.1) is 0 Å². The Labute approximate surface area is 180 Å². The van der Waals surface area contributed by atoms with Gasteiger partial charge >= 0.3 is 6.03 Å². The average Bonchev–Trinajstić information content (AvgIpc) is 3.15. The Hall–Kier alpha value is -2.12. The lowest BCUT2D eigenvalue weighted by molar-refractivity contribution is 0.231. The molecule has 2 N–H and O–H groups in total. The van der Waals surface area contributed by atoms with Gasteiger partial charge in [0.05, 0.1) is 6.04 Å². The zero-order chi connectivity index (χ0) is 20.8. The van der Waals surface area contributed by atoms with E-state index in [1.807, 2.05) is 37.2 Å². The first-order valence-corrected chi connectivity index (χ1v) is 10.7. The van der Waals surface area contributed by atoms with Crippen LogP contribution in [0.25, 0.3) is 0 Å². The van der Waals surface area contributed by atoms with Gasteiger partial charge in [-0.3, -0.25) is 0 Å². The summed E-state index contributed by atoms with van der Waals surface area (Å²) in [7, 11) is 3.84. The summed E-state index contributed by atoms with van der Waals surface area (Å²) >= 11 is 3.52. The van der Waals surface area contributed by atoms with Gasteiger partial charge in [-0.05, 0) is 62.3 Å². The van der Waals surface area contributed by atoms with E-state index in [0.29, 0.717) is 19.0 Å². The number of hydrogen-bond acceptors (Lipinski definition) is 3. The van der Waals surface area contributed by atoms with Crippen LogP contribution in [0.2, 0.25) is 0 Å². The molecule has 0 aromatic heterocycles. The Balaban J connectivity index is 1.45. The van der Waals surface area contributed by atoms with Crippen LogP contribution in [-0.2, 0) is 0 Å². The molecule has 0 spiro atoms. The van der Waals surface area contributed by atoms with Gasteiger partial charge in [-0.2, -0.15) is 0 Å². The van der Waals surface area contributed by atoms with Crippen molar-refractivity contribution in [3.63, 3.8) is 0 Å². The molecule has 156 valence electrons. The molecule has 1 heterocycles. The normalized spacial score (nSPS) is 17.4. The minimum atomic E-state index is -0.268. The number of carbonyl (C=O) groups is 1. The van der Waals surface area contributed by atoms with Crippen LogP contribution in [0.3, 0.4) is 0 Å². The van der Waals surface area contributed by atoms with E-state index in [-0.39, 0.29) is 17.9 Å². The van der Waals surface area contributed by atoms with Crippen LogP contribution in [0.15, 0.2) is 53.0 Å². The molecular weight excluding hydrogens is 435 g/mol. The number of hydrogen-bond donors (Lipinski definition) is 2. The molecule has 2 aromatic rings. The van der Waals surface area contributed by atoms with Gasteiger partial charge in [0.25, 0.3) is 0 Å². The summed E-state index contributed by atoms with van der Waals surface area (Å²) in [6.45, 7) is 2.98. The summed E-state index contributed by atoms with van der Waals surface area (Å²) in [6, 6.07) is 14.5. The molecule has 2 amide bonds. The van der Waals surface area contributed by atoms with E-state index in [2.05, 4.69) is 43.6 Å². The Morgan fingerprint density at radius 2 is 2.03 bits per heavy atom. The van der Waals surface area contributed by atoms with E-state index in [0.717, 1.165) is 29.5 Å². The fourth-order valence-corrected chi connectivity index (χ4v) is 4.10. The lowest BCUT2D eigenvalue weighted by Gasteiger charge is -2.25. The number of anilines is 1. The van der Waals surface area contributed by atoms with Crippen LogP contribution < -0.4 is 15.5 Å². The van der Waals surface area contributed by atoms with Crippen LogP contribution in [-0.4, -0.2) is 51.2 Å². The number of amides is 2. The number of rotatable bonds is 7. The molecule has 0 radical (unpaired) electrons. The summed E-state index contributed by atoms with van der Waals surface area (Å²) in [5, 5.41) is 5.91. The molecule has 1 aliphatic heterocycles. The zero-order valence-corrected chi connectivity index (χ0v) is 18.5. The minimum Gasteiger partial charge on any atom is -0.371 e. The van der Waals surface area contributed by atoms with Gasteiger partial charge in [0.15, 0.2) is 0 Å². The Bertz CT molecular complexity index is 832. The second-order valence-corrected chi connectivity index (χ2v) is 8.62. The molecule has 2 unspecified atom stereocenters. The van der Waals surface area contributed by atoms with Gasteiger partial charge in [0.2, 0.25) is 0 Å². The molecule has 1 saturated heterocycles. The number of urea groups is 1. The molecular formula is C22H28BrFN4O. The molecule has 1 aliphatic rings. The van der Waals surface area contributed by atoms with Crippen LogP contribution in [0.5, 0.6) is 0 Å². The zero-order valence-electron chi connectivity index (χ0n) is 16.9. The fourth-order valence-electron chi connectivity index (χ4n) is 3.71. The largest absolute Gasteiger partial charge is 0.371 e. The van der Waals surface area contributed by atoms with Gasteiger partial charge in [0, 0.05) is 36.3 Å². The van der Waals surface area contributed by atoms with E-state index in [1.54, 1.807) is 6.07 Å². The number of nitrogens with zero attached hydrogens (tertiary/aromatic N) is 2. The van der Waals surface area contributed by atoms with Crippen molar-refractivity contribution < 1.29 is 9.18 Å². The van der Waals surface area contributed by atoms with Crippen molar-refractivity contribution in [2.75, 3.05) is 45.2 Å². The fraction of sp³-hybridized carbons (Fsp3) is 0.409. The molecule has 2 atom stereocenters. The molecule has 2 aromatic carbocycles. The second kappa shape index (κ2) is 10.1. The summed E-state index contributed by atoms with van der Waals surface area (Å²) in [4.78, 5) is 16.6. The number of carbonyl (C=O) groups excluding carboxylic acids is 1. The van der Waals surface area contributed by atoms with Crippen molar-refractivity contribution >= 4 is 27.6 Å². The van der Waals surface area contributed by atoms with Gasteiger partial charge in [-0.1, -0.05) is 34.1 Å².